The van der Waals surface area contributed by atoms with E-state index < -0.39 is 0 Å². The van der Waals surface area contributed by atoms with E-state index in [0.717, 1.165) is 61.6 Å². The normalized spacial score (nSPS) is 17.1. The summed E-state index contributed by atoms with van der Waals surface area (Å²) in [5.41, 5.74) is 1.50. The van der Waals surface area contributed by atoms with Crippen LogP contribution in [-0.4, -0.2) is 78.2 Å². The van der Waals surface area contributed by atoms with Crippen molar-refractivity contribution >= 4 is 28.9 Å². The van der Waals surface area contributed by atoms with Gasteiger partial charge in [-0.3, -0.25) is 4.79 Å². The number of carbonyl (C=O) groups is 1. The van der Waals surface area contributed by atoms with Crippen LogP contribution in [0, 0.1) is 0 Å². The minimum absolute atomic E-state index is 0.00868. The number of piperazine rings is 1. The van der Waals surface area contributed by atoms with Crippen LogP contribution in [0.1, 0.15) is 10.5 Å². The number of carbonyl (C=O) groups excluding carboxylic acids is 1. The van der Waals surface area contributed by atoms with Crippen LogP contribution in [-0.2, 0) is 4.74 Å². The fourth-order valence-electron chi connectivity index (χ4n) is 3.86. The fraction of sp³-hybridized carbons (Fsp3) is 0.364. The molecule has 160 valence electrons. The molecular formula is C22H24N6O2S. The SMILES string of the molecule is O=C(c1csc(-c2ccnc(N3CCOCC3)c2)n1)N1CCN(c2ccccn2)CC1. The maximum Gasteiger partial charge on any atom is 0.273 e. The van der Waals surface area contributed by atoms with Crippen molar-refractivity contribution in [2.45, 2.75) is 0 Å². The van der Waals surface area contributed by atoms with E-state index in [9.17, 15) is 4.79 Å². The van der Waals surface area contributed by atoms with Crippen molar-refractivity contribution in [1.29, 1.82) is 0 Å². The molecule has 1 amide bonds. The first-order valence-electron chi connectivity index (χ1n) is 10.5. The van der Waals surface area contributed by atoms with E-state index in [2.05, 4.69) is 24.8 Å². The highest BCUT2D eigenvalue weighted by atomic mass is 32.1. The Bertz CT molecular complexity index is 1030. The number of nitrogens with zero attached hydrogens (tertiary/aromatic N) is 6. The Labute approximate surface area is 185 Å². The third kappa shape index (κ3) is 4.38. The molecule has 0 aliphatic carbocycles. The van der Waals surface area contributed by atoms with E-state index in [0.29, 0.717) is 18.8 Å². The Morgan fingerprint density at radius 2 is 1.68 bits per heavy atom. The van der Waals surface area contributed by atoms with Gasteiger partial charge in [-0.25, -0.2) is 15.0 Å². The van der Waals surface area contributed by atoms with E-state index in [4.69, 9.17) is 4.74 Å². The minimum atomic E-state index is -0.00868. The number of aromatic nitrogens is 3. The molecule has 5 heterocycles. The molecule has 5 rings (SSSR count). The van der Waals surface area contributed by atoms with Gasteiger partial charge in [0.2, 0.25) is 0 Å². The maximum atomic E-state index is 13.0. The highest BCUT2D eigenvalue weighted by molar-refractivity contribution is 7.13. The van der Waals surface area contributed by atoms with Gasteiger partial charge in [-0.2, -0.15) is 0 Å². The van der Waals surface area contributed by atoms with Crippen LogP contribution in [0.15, 0.2) is 48.1 Å². The Balaban J connectivity index is 1.25. The molecule has 0 spiro atoms. The van der Waals surface area contributed by atoms with Crippen molar-refractivity contribution in [3.05, 3.63) is 53.8 Å². The first kappa shape index (κ1) is 19.9. The Morgan fingerprint density at radius 1 is 0.903 bits per heavy atom. The van der Waals surface area contributed by atoms with E-state index in [1.54, 1.807) is 12.4 Å². The van der Waals surface area contributed by atoms with Gasteiger partial charge >= 0.3 is 0 Å². The lowest BCUT2D eigenvalue weighted by Gasteiger charge is -2.35. The van der Waals surface area contributed by atoms with Gasteiger partial charge in [0.05, 0.1) is 13.2 Å². The predicted molar refractivity (Wildman–Crippen MR) is 121 cm³/mol. The molecule has 3 aromatic rings. The molecule has 9 heteroatoms. The lowest BCUT2D eigenvalue weighted by molar-refractivity contribution is 0.0741. The molecule has 2 aliphatic heterocycles. The average molecular weight is 437 g/mol. The zero-order valence-electron chi connectivity index (χ0n) is 17.2. The lowest BCUT2D eigenvalue weighted by Crippen LogP contribution is -2.49. The number of morpholine rings is 1. The molecule has 2 saturated heterocycles. The van der Waals surface area contributed by atoms with Gasteiger partial charge in [0, 0.05) is 62.6 Å². The number of hydrogen-bond acceptors (Lipinski definition) is 8. The molecule has 8 nitrogen and oxygen atoms in total. The second-order valence-electron chi connectivity index (χ2n) is 7.51. The van der Waals surface area contributed by atoms with Crippen molar-refractivity contribution in [3.8, 4) is 10.6 Å². The van der Waals surface area contributed by atoms with Gasteiger partial charge in [0.1, 0.15) is 22.3 Å². The van der Waals surface area contributed by atoms with Gasteiger partial charge in [-0.05, 0) is 24.3 Å². The third-order valence-electron chi connectivity index (χ3n) is 5.59. The highest BCUT2D eigenvalue weighted by Gasteiger charge is 2.24. The number of anilines is 2. The smallest absolute Gasteiger partial charge is 0.273 e. The van der Waals surface area contributed by atoms with Crippen molar-refractivity contribution in [1.82, 2.24) is 19.9 Å². The van der Waals surface area contributed by atoms with Crippen molar-refractivity contribution < 1.29 is 9.53 Å². The van der Waals surface area contributed by atoms with Crippen LogP contribution in [0.4, 0.5) is 11.6 Å². The van der Waals surface area contributed by atoms with E-state index >= 15 is 0 Å². The van der Waals surface area contributed by atoms with Gasteiger partial charge in [0.15, 0.2) is 0 Å². The van der Waals surface area contributed by atoms with Crippen LogP contribution in [0.25, 0.3) is 10.6 Å². The fourth-order valence-corrected chi connectivity index (χ4v) is 4.65. The number of pyridine rings is 2. The van der Waals surface area contributed by atoms with Gasteiger partial charge < -0.3 is 19.4 Å². The maximum absolute atomic E-state index is 13.0. The van der Waals surface area contributed by atoms with Crippen LogP contribution in [0.3, 0.4) is 0 Å². The molecule has 31 heavy (non-hydrogen) atoms. The van der Waals surface area contributed by atoms with Crippen LogP contribution in [0.2, 0.25) is 0 Å². The first-order valence-corrected chi connectivity index (χ1v) is 11.4. The van der Waals surface area contributed by atoms with E-state index in [-0.39, 0.29) is 5.91 Å². The topological polar surface area (TPSA) is 74.7 Å². The number of amides is 1. The quantitative estimate of drug-likeness (QED) is 0.622. The van der Waals surface area contributed by atoms with Crippen molar-refractivity contribution in [2.24, 2.45) is 0 Å². The molecular weight excluding hydrogens is 412 g/mol. The summed E-state index contributed by atoms with van der Waals surface area (Å²) in [7, 11) is 0. The monoisotopic (exact) mass is 436 g/mol. The van der Waals surface area contributed by atoms with Crippen LogP contribution >= 0.6 is 11.3 Å². The van der Waals surface area contributed by atoms with Crippen molar-refractivity contribution in [2.75, 3.05) is 62.3 Å². The zero-order chi connectivity index (χ0) is 21.0. The lowest BCUT2D eigenvalue weighted by atomic mass is 10.2. The second kappa shape index (κ2) is 8.99. The number of hydrogen-bond donors (Lipinski definition) is 0. The molecule has 0 radical (unpaired) electrons. The zero-order valence-corrected chi connectivity index (χ0v) is 18.0. The minimum Gasteiger partial charge on any atom is -0.378 e. The van der Waals surface area contributed by atoms with Crippen molar-refractivity contribution in [3.63, 3.8) is 0 Å². The summed E-state index contributed by atoms with van der Waals surface area (Å²) >= 11 is 1.50. The Kier molecular flexibility index (Phi) is 5.77. The predicted octanol–water partition coefficient (Wildman–Crippen LogP) is 2.40. The summed E-state index contributed by atoms with van der Waals surface area (Å²) in [5.74, 6) is 1.87. The molecule has 2 aliphatic rings. The summed E-state index contributed by atoms with van der Waals surface area (Å²) in [6.45, 7) is 5.98. The summed E-state index contributed by atoms with van der Waals surface area (Å²) in [4.78, 5) is 32.9. The summed E-state index contributed by atoms with van der Waals surface area (Å²) in [5, 5.41) is 2.70. The molecule has 0 aromatic carbocycles. The molecule has 3 aromatic heterocycles. The molecule has 0 unspecified atom stereocenters. The Hall–Kier alpha value is -3.04. The molecule has 0 atom stereocenters. The number of ether oxygens (including phenoxy) is 1. The van der Waals surface area contributed by atoms with Gasteiger partial charge in [0.25, 0.3) is 5.91 Å². The first-order chi connectivity index (χ1) is 15.3. The summed E-state index contributed by atoms with van der Waals surface area (Å²) < 4.78 is 5.43. The van der Waals surface area contributed by atoms with Gasteiger partial charge in [-0.1, -0.05) is 6.07 Å². The second-order valence-corrected chi connectivity index (χ2v) is 8.37. The molecule has 0 bridgehead atoms. The summed E-state index contributed by atoms with van der Waals surface area (Å²) in [6.07, 6.45) is 3.60. The number of thiazole rings is 1. The van der Waals surface area contributed by atoms with E-state index in [1.165, 1.54) is 11.3 Å². The Morgan fingerprint density at radius 3 is 2.45 bits per heavy atom. The van der Waals surface area contributed by atoms with Crippen LogP contribution in [0.5, 0.6) is 0 Å². The average Bonchev–Trinajstić information content (AvgIpc) is 3.35. The molecule has 2 fully saturated rings. The number of rotatable bonds is 4. The highest BCUT2D eigenvalue weighted by Crippen LogP contribution is 2.27. The molecule has 0 N–H and O–H groups in total. The van der Waals surface area contributed by atoms with Gasteiger partial charge in [-0.15, -0.1) is 11.3 Å². The van der Waals surface area contributed by atoms with E-state index in [1.807, 2.05) is 40.6 Å². The summed E-state index contributed by atoms with van der Waals surface area (Å²) in [6, 6.07) is 9.90. The standard InChI is InChI=1S/C22H24N6O2S/c29-22(28-9-7-26(8-10-28)19-3-1-2-5-23-19)18-16-31-21(25-18)17-4-6-24-20(15-17)27-11-13-30-14-12-27/h1-6,15-16H,7-14H2. The largest absolute Gasteiger partial charge is 0.378 e. The molecule has 0 saturated carbocycles. The van der Waals surface area contributed by atoms with Crippen LogP contribution < -0.4 is 9.80 Å². The third-order valence-corrected chi connectivity index (χ3v) is 6.48.